The maximum Gasteiger partial charge on any atom is 0.245 e. The lowest BCUT2D eigenvalue weighted by molar-refractivity contribution is -0.152. The summed E-state index contributed by atoms with van der Waals surface area (Å²) in [5, 5.41) is 0. The monoisotopic (exact) mass is 318 g/mol. The molecule has 1 aromatic carbocycles. The van der Waals surface area contributed by atoms with E-state index in [1.54, 1.807) is 17.0 Å². The van der Waals surface area contributed by atoms with E-state index in [1.165, 1.54) is 12.1 Å². The molecule has 4 nitrogen and oxygen atoms in total. The van der Waals surface area contributed by atoms with Crippen LogP contribution in [0.4, 0.5) is 4.39 Å². The highest BCUT2D eigenvalue weighted by molar-refractivity contribution is 5.89. The third-order valence-electron chi connectivity index (χ3n) is 4.98. The Morgan fingerprint density at radius 1 is 1.30 bits per heavy atom. The number of hydrogen-bond donors (Lipinski definition) is 0. The number of halogens is 1. The number of hydrogen-bond acceptors (Lipinski definition) is 2. The molecule has 2 amide bonds. The van der Waals surface area contributed by atoms with Gasteiger partial charge in [-0.3, -0.25) is 9.59 Å². The minimum absolute atomic E-state index is 0.0551. The molecular formula is C18H23FN2O2. The molecule has 2 aliphatic rings. The van der Waals surface area contributed by atoms with Gasteiger partial charge in [0, 0.05) is 25.6 Å². The van der Waals surface area contributed by atoms with Crippen LogP contribution in [0.2, 0.25) is 0 Å². The number of rotatable bonds is 4. The summed E-state index contributed by atoms with van der Waals surface area (Å²) in [6.07, 6.45) is 3.93. The Morgan fingerprint density at radius 3 is 2.78 bits per heavy atom. The molecule has 2 atom stereocenters. The standard InChI is InChI=1S/C18H23FN2O2/c1-13-18(23)20-11-3-5-16(20)12-21(13)17(22)6-2-4-14-7-9-15(19)10-8-14/h7-10,13,16H,2-6,11-12H2,1H3/t13-,16+/m1/s1. The van der Waals surface area contributed by atoms with Gasteiger partial charge in [0.2, 0.25) is 11.8 Å². The molecule has 2 heterocycles. The fourth-order valence-corrected chi connectivity index (χ4v) is 3.63. The average Bonchev–Trinajstić information content (AvgIpc) is 3.01. The first kappa shape index (κ1) is 16.0. The first-order valence-electron chi connectivity index (χ1n) is 8.40. The molecule has 2 saturated heterocycles. The van der Waals surface area contributed by atoms with Gasteiger partial charge >= 0.3 is 0 Å². The molecule has 1 aromatic rings. The van der Waals surface area contributed by atoms with E-state index >= 15 is 0 Å². The third-order valence-corrected chi connectivity index (χ3v) is 4.98. The summed E-state index contributed by atoms with van der Waals surface area (Å²) in [6.45, 7) is 3.33. The van der Waals surface area contributed by atoms with Gasteiger partial charge in [0.05, 0.1) is 0 Å². The molecule has 0 unspecified atom stereocenters. The SMILES string of the molecule is C[C@@H]1C(=O)N2CCC[C@H]2CN1C(=O)CCCc1ccc(F)cc1. The second kappa shape index (κ2) is 6.69. The molecule has 124 valence electrons. The van der Waals surface area contributed by atoms with Crippen LogP contribution in [0.5, 0.6) is 0 Å². The van der Waals surface area contributed by atoms with Crippen LogP contribution >= 0.6 is 0 Å². The predicted octanol–water partition coefficient (Wildman–Crippen LogP) is 2.37. The molecular weight excluding hydrogens is 295 g/mol. The molecule has 0 spiro atoms. The van der Waals surface area contributed by atoms with Crippen LogP contribution in [0.25, 0.3) is 0 Å². The van der Waals surface area contributed by atoms with Crippen LogP contribution in [0.15, 0.2) is 24.3 Å². The molecule has 2 fully saturated rings. The summed E-state index contributed by atoms with van der Waals surface area (Å²) in [4.78, 5) is 28.5. The zero-order valence-corrected chi connectivity index (χ0v) is 13.5. The van der Waals surface area contributed by atoms with Gasteiger partial charge in [0.15, 0.2) is 0 Å². The smallest absolute Gasteiger partial charge is 0.245 e. The van der Waals surface area contributed by atoms with Gasteiger partial charge in [0.25, 0.3) is 0 Å². The number of aryl methyl sites for hydroxylation is 1. The highest BCUT2D eigenvalue weighted by Crippen LogP contribution is 2.26. The minimum atomic E-state index is -0.345. The highest BCUT2D eigenvalue weighted by Gasteiger charge is 2.41. The van der Waals surface area contributed by atoms with E-state index in [2.05, 4.69) is 0 Å². The van der Waals surface area contributed by atoms with Crippen LogP contribution < -0.4 is 0 Å². The second-order valence-electron chi connectivity index (χ2n) is 6.53. The number of piperazine rings is 1. The summed E-state index contributed by atoms with van der Waals surface area (Å²) >= 11 is 0. The van der Waals surface area contributed by atoms with Crippen molar-refractivity contribution in [1.29, 1.82) is 0 Å². The van der Waals surface area contributed by atoms with Gasteiger partial charge in [-0.1, -0.05) is 12.1 Å². The van der Waals surface area contributed by atoms with Gasteiger partial charge in [-0.05, 0) is 50.3 Å². The number of amides is 2. The molecule has 0 radical (unpaired) electrons. The predicted molar refractivity (Wildman–Crippen MR) is 85.2 cm³/mol. The van der Waals surface area contributed by atoms with Crippen molar-refractivity contribution < 1.29 is 14.0 Å². The van der Waals surface area contributed by atoms with Crippen molar-refractivity contribution >= 4 is 11.8 Å². The van der Waals surface area contributed by atoms with Crippen molar-refractivity contribution in [2.75, 3.05) is 13.1 Å². The zero-order chi connectivity index (χ0) is 16.4. The van der Waals surface area contributed by atoms with E-state index in [-0.39, 0.29) is 29.7 Å². The number of benzene rings is 1. The normalized spacial score (nSPS) is 24.0. The maximum atomic E-state index is 12.9. The molecule has 0 saturated carbocycles. The van der Waals surface area contributed by atoms with Crippen molar-refractivity contribution in [1.82, 2.24) is 9.80 Å². The van der Waals surface area contributed by atoms with E-state index in [0.717, 1.165) is 37.8 Å². The summed E-state index contributed by atoms with van der Waals surface area (Å²) < 4.78 is 12.9. The molecule has 2 aliphatic heterocycles. The fourth-order valence-electron chi connectivity index (χ4n) is 3.63. The summed E-state index contributed by atoms with van der Waals surface area (Å²) in [7, 11) is 0. The van der Waals surface area contributed by atoms with Gasteiger partial charge in [0.1, 0.15) is 11.9 Å². The highest BCUT2D eigenvalue weighted by atomic mass is 19.1. The van der Waals surface area contributed by atoms with Crippen LogP contribution in [-0.2, 0) is 16.0 Å². The van der Waals surface area contributed by atoms with Gasteiger partial charge in [-0.2, -0.15) is 0 Å². The van der Waals surface area contributed by atoms with Crippen molar-refractivity contribution in [2.45, 2.75) is 51.1 Å². The topological polar surface area (TPSA) is 40.6 Å². The van der Waals surface area contributed by atoms with Crippen molar-refractivity contribution in [3.63, 3.8) is 0 Å². The summed E-state index contributed by atoms with van der Waals surface area (Å²) in [5.41, 5.74) is 1.03. The maximum absolute atomic E-state index is 12.9. The van der Waals surface area contributed by atoms with E-state index in [4.69, 9.17) is 0 Å². The Labute approximate surface area is 136 Å². The van der Waals surface area contributed by atoms with Gasteiger partial charge < -0.3 is 9.80 Å². The average molecular weight is 318 g/mol. The molecule has 0 aliphatic carbocycles. The Morgan fingerprint density at radius 2 is 2.04 bits per heavy atom. The van der Waals surface area contributed by atoms with Gasteiger partial charge in [-0.25, -0.2) is 4.39 Å². The first-order chi connectivity index (χ1) is 11.1. The lowest BCUT2D eigenvalue weighted by Crippen LogP contribution is -2.60. The fraction of sp³-hybridized carbons (Fsp3) is 0.556. The van der Waals surface area contributed by atoms with Crippen molar-refractivity contribution in [3.05, 3.63) is 35.6 Å². The molecule has 5 heteroatoms. The van der Waals surface area contributed by atoms with Crippen molar-refractivity contribution in [2.24, 2.45) is 0 Å². The van der Waals surface area contributed by atoms with E-state index in [1.807, 2.05) is 11.8 Å². The number of carbonyl (C=O) groups excluding carboxylic acids is 2. The third kappa shape index (κ3) is 3.38. The van der Waals surface area contributed by atoms with Crippen molar-refractivity contribution in [3.8, 4) is 0 Å². The molecule has 0 aromatic heterocycles. The van der Waals surface area contributed by atoms with Crippen LogP contribution in [0.3, 0.4) is 0 Å². The Bertz CT molecular complexity index is 587. The van der Waals surface area contributed by atoms with E-state index < -0.39 is 0 Å². The molecule has 0 bridgehead atoms. The van der Waals surface area contributed by atoms with Crippen LogP contribution in [0, 0.1) is 5.82 Å². The molecule has 0 N–H and O–H groups in total. The molecule has 3 rings (SSSR count). The molecule has 23 heavy (non-hydrogen) atoms. The Balaban J connectivity index is 1.53. The number of nitrogens with zero attached hydrogens (tertiary/aromatic N) is 2. The van der Waals surface area contributed by atoms with Crippen LogP contribution in [-0.4, -0.2) is 46.8 Å². The van der Waals surface area contributed by atoms with E-state index in [9.17, 15) is 14.0 Å². The Hall–Kier alpha value is -1.91. The van der Waals surface area contributed by atoms with Crippen LogP contribution in [0.1, 0.15) is 38.2 Å². The number of fused-ring (bicyclic) bond motifs is 1. The summed E-state index contributed by atoms with van der Waals surface area (Å²) in [5.74, 6) is -0.100. The largest absolute Gasteiger partial charge is 0.336 e. The lowest BCUT2D eigenvalue weighted by atomic mass is 10.0. The zero-order valence-electron chi connectivity index (χ0n) is 13.5. The first-order valence-corrected chi connectivity index (χ1v) is 8.40. The second-order valence-corrected chi connectivity index (χ2v) is 6.53. The lowest BCUT2D eigenvalue weighted by Gasteiger charge is -2.41. The summed E-state index contributed by atoms with van der Waals surface area (Å²) in [6, 6.07) is 6.25. The number of carbonyl (C=O) groups is 2. The van der Waals surface area contributed by atoms with Gasteiger partial charge in [-0.15, -0.1) is 0 Å². The Kier molecular flexibility index (Phi) is 4.64. The quantitative estimate of drug-likeness (QED) is 0.855. The van der Waals surface area contributed by atoms with E-state index in [0.29, 0.717) is 13.0 Å². The minimum Gasteiger partial charge on any atom is -0.336 e.